The Morgan fingerprint density at radius 3 is 2.53 bits per heavy atom. The minimum atomic E-state index is -0.903. The van der Waals surface area contributed by atoms with Crippen molar-refractivity contribution in [3.63, 3.8) is 0 Å². The van der Waals surface area contributed by atoms with Crippen LogP contribution in [0.25, 0.3) is 11.3 Å². The molecule has 88 valence electrons. The van der Waals surface area contributed by atoms with Crippen molar-refractivity contribution < 1.29 is 9.90 Å². The lowest BCUT2D eigenvalue weighted by atomic mass is 9.98. The van der Waals surface area contributed by atoms with Gasteiger partial charge in [0, 0.05) is 18.8 Å². The third-order valence-corrected chi connectivity index (χ3v) is 2.79. The topological polar surface area (TPSA) is 55.1 Å². The van der Waals surface area contributed by atoms with E-state index < -0.39 is 5.97 Å². The molecule has 0 amide bonds. The molecule has 1 N–H and O–H groups in total. The molecule has 0 saturated carbocycles. The largest absolute Gasteiger partial charge is 0.478 e. The van der Waals surface area contributed by atoms with Crippen LogP contribution < -0.4 is 0 Å². The highest BCUT2D eigenvalue weighted by atomic mass is 16.4. The molecule has 0 saturated heterocycles. The number of aromatic nitrogens is 2. The first-order chi connectivity index (χ1) is 7.99. The lowest BCUT2D eigenvalue weighted by molar-refractivity contribution is 0.0696. The zero-order valence-corrected chi connectivity index (χ0v) is 10.1. The number of nitrogens with zero attached hydrogens (tertiary/aromatic N) is 2. The number of benzene rings is 1. The van der Waals surface area contributed by atoms with Crippen molar-refractivity contribution in [2.24, 2.45) is 7.05 Å². The average molecular weight is 230 g/mol. The van der Waals surface area contributed by atoms with Gasteiger partial charge in [0.15, 0.2) is 0 Å². The summed E-state index contributed by atoms with van der Waals surface area (Å²) in [4.78, 5) is 11.1. The van der Waals surface area contributed by atoms with Gasteiger partial charge in [-0.2, -0.15) is 5.10 Å². The van der Waals surface area contributed by atoms with E-state index in [2.05, 4.69) is 5.10 Å². The fourth-order valence-electron chi connectivity index (χ4n) is 1.92. The monoisotopic (exact) mass is 230 g/mol. The van der Waals surface area contributed by atoms with Crippen molar-refractivity contribution >= 4 is 5.97 Å². The van der Waals surface area contributed by atoms with E-state index >= 15 is 0 Å². The van der Waals surface area contributed by atoms with Crippen LogP contribution in [0.5, 0.6) is 0 Å². The van der Waals surface area contributed by atoms with Gasteiger partial charge in [0.1, 0.15) is 0 Å². The normalized spacial score (nSPS) is 10.5. The molecule has 0 bridgehead atoms. The Morgan fingerprint density at radius 1 is 1.29 bits per heavy atom. The highest BCUT2D eigenvalue weighted by Gasteiger charge is 2.12. The number of carboxylic acids is 1. The molecule has 0 aliphatic rings. The van der Waals surface area contributed by atoms with Crippen molar-refractivity contribution in [2.75, 3.05) is 0 Å². The predicted molar refractivity (Wildman–Crippen MR) is 65.1 cm³/mol. The maximum atomic E-state index is 11.1. The Labute approximate surface area is 99.5 Å². The summed E-state index contributed by atoms with van der Waals surface area (Å²) in [6.07, 6.45) is 1.84. The van der Waals surface area contributed by atoms with Crippen molar-refractivity contribution in [3.05, 3.63) is 41.1 Å². The van der Waals surface area contributed by atoms with Gasteiger partial charge in [-0.25, -0.2) is 4.79 Å². The number of hydrogen-bond donors (Lipinski definition) is 1. The minimum Gasteiger partial charge on any atom is -0.478 e. The Kier molecular flexibility index (Phi) is 2.71. The smallest absolute Gasteiger partial charge is 0.335 e. The molecule has 2 rings (SSSR count). The van der Waals surface area contributed by atoms with Gasteiger partial charge in [0.2, 0.25) is 0 Å². The molecular formula is C13H14N2O2. The number of hydrogen-bond acceptors (Lipinski definition) is 2. The highest BCUT2D eigenvalue weighted by molar-refractivity contribution is 5.91. The molecule has 4 nitrogen and oxygen atoms in total. The second-order valence-corrected chi connectivity index (χ2v) is 4.16. The molecule has 2 aromatic rings. The van der Waals surface area contributed by atoms with Crippen LogP contribution >= 0.6 is 0 Å². The van der Waals surface area contributed by atoms with Crippen molar-refractivity contribution in [1.29, 1.82) is 0 Å². The third-order valence-electron chi connectivity index (χ3n) is 2.79. The Bertz CT molecular complexity index is 585. The summed E-state index contributed by atoms with van der Waals surface area (Å²) in [7, 11) is 1.84. The van der Waals surface area contributed by atoms with Crippen LogP contribution in [0.3, 0.4) is 0 Å². The standard InChI is InChI=1S/C13H14N2O2/c1-8-6-9(2)11(13(16)17)7-10(8)12-4-5-15(3)14-12/h4-7H,1-3H3,(H,16,17). The van der Waals surface area contributed by atoms with Crippen molar-refractivity contribution in [1.82, 2.24) is 9.78 Å². The summed E-state index contributed by atoms with van der Waals surface area (Å²) in [6, 6.07) is 5.45. The van der Waals surface area contributed by atoms with Crippen LogP contribution in [0.4, 0.5) is 0 Å². The second-order valence-electron chi connectivity index (χ2n) is 4.16. The zero-order valence-electron chi connectivity index (χ0n) is 10.1. The molecular weight excluding hydrogens is 216 g/mol. The molecule has 4 heteroatoms. The van der Waals surface area contributed by atoms with E-state index in [1.807, 2.05) is 32.3 Å². The van der Waals surface area contributed by atoms with Gasteiger partial charge >= 0.3 is 5.97 Å². The second kappa shape index (κ2) is 4.05. The molecule has 0 unspecified atom stereocenters. The van der Waals surface area contributed by atoms with Crippen molar-refractivity contribution in [3.8, 4) is 11.3 Å². The predicted octanol–water partition coefficient (Wildman–Crippen LogP) is 2.40. The number of carbonyl (C=O) groups is 1. The molecule has 0 aliphatic heterocycles. The quantitative estimate of drug-likeness (QED) is 0.861. The fraction of sp³-hybridized carbons (Fsp3) is 0.231. The number of aromatic carboxylic acids is 1. The molecule has 0 radical (unpaired) electrons. The van der Waals surface area contributed by atoms with E-state index in [9.17, 15) is 4.79 Å². The minimum absolute atomic E-state index is 0.330. The summed E-state index contributed by atoms with van der Waals surface area (Å²) in [5, 5.41) is 13.4. The summed E-state index contributed by atoms with van der Waals surface area (Å²) < 4.78 is 1.70. The fourth-order valence-corrected chi connectivity index (χ4v) is 1.92. The van der Waals surface area contributed by atoms with Crippen LogP contribution in [0.2, 0.25) is 0 Å². The number of rotatable bonds is 2. The van der Waals surface area contributed by atoms with Crippen LogP contribution in [0.15, 0.2) is 24.4 Å². The Hall–Kier alpha value is -2.10. The van der Waals surface area contributed by atoms with Gasteiger partial charge in [-0.3, -0.25) is 4.68 Å². The SMILES string of the molecule is Cc1cc(C)c(-c2ccn(C)n2)cc1C(=O)O. The molecule has 1 heterocycles. The maximum absolute atomic E-state index is 11.1. The van der Waals surface area contributed by atoms with E-state index in [-0.39, 0.29) is 0 Å². The van der Waals surface area contributed by atoms with E-state index in [4.69, 9.17) is 5.11 Å². The van der Waals surface area contributed by atoms with E-state index in [1.165, 1.54) is 0 Å². The number of aryl methyl sites for hydroxylation is 3. The van der Waals surface area contributed by atoms with Gasteiger partial charge in [0.25, 0.3) is 0 Å². The zero-order chi connectivity index (χ0) is 12.6. The van der Waals surface area contributed by atoms with E-state index in [1.54, 1.807) is 17.7 Å². The molecule has 0 spiro atoms. The van der Waals surface area contributed by atoms with Crippen molar-refractivity contribution in [2.45, 2.75) is 13.8 Å². The van der Waals surface area contributed by atoms with E-state index in [0.29, 0.717) is 5.56 Å². The molecule has 1 aromatic heterocycles. The van der Waals surface area contributed by atoms with Crippen LogP contribution in [-0.4, -0.2) is 20.9 Å². The summed E-state index contributed by atoms with van der Waals surface area (Å²) in [5.74, 6) is -0.903. The molecule has 1 aromatic carbocycles. The average Bonchev–Trinajstić information content (AvgIpc) is 2.64. The molecule has 0 aliphatic carbocycles. The molecule has 0 fully saturated rings. The Balaban J connectivity index is 2.62. The van der Waals surface area contributed by atoms with Crippen LogP contribution in [-0.2, 0) is 7.05 Å². The summed E-state index contributed by atoms with van der Waals surface area (Å²) >= 11 is 0. The lowest BCUT2D eigenvalue weighted by Crippen LogP contribution is -2.01. The third kappa shape index (κ3) is 2.06. The van der Waals surface area contributed by atoms with Gasteiger partial charge in [-0.15, -0.1) is 0 Å². The van der Waals surface area contributed by atoms with Gasteiger partial charge in [0.05, 0.1) is 11.3 Å². The van der Waals surface area contributed by atoms with Gasteiger partial charge < -0.3 is 5.11 Å². The maximum Gasteiger partial charge on any atom is 0.335 e. The van der Waals surface area contributed by atoms with Crippen LogP contribution in [0, 0.1) is 13.8 Å². The summed E-state index contributed by atoms with van der Waals surface area (Å²) in [5.41, 5.74) is 3.80. The lowest BCUT2D eigenvalue weighted by Gasteiger charge is -2.07. The summed E-state index contributed by atoms with van der Waals surface area (Å²) in [6.45, 7) is 3.77. The first-order valence-corrected chi connectivity index (χ1v) is 5.33. The highest BCUT2D eigenvalue weighted by Crippen LogP contribution is 2.25. The first kappa shape index (κ1) is 11.4. The number of carboxylic acid groups (broad SMARTS) is 1. The molecule has 17 heavy (non-hydrogen) atoms. The van der Waals surface area contributed by atoms with Crippen LogP contribution in [0.1, 0.15) is 21.5 Å². The Morgan fingerprint density at radius 2 is 2.00 bits per heavy atom. The van der Waals surface area contributed by atoms with E-state index in [0.717, 1.165) is 22.4 Å². The first-order valence-electron chi connectivity index (χ1n) is 5.33. The van der Waals surface area contributed by atoms with Gasteiger partial charge in [-0.05, 0) is 37.1 Å². The molecule has 0 atom stereocenters. The van der Waals surface area contributed by atoms with Gasteiger partial charge in [-0.1, -0.05) is 6.07 Å².